The topological polar surface area (TPSA) is 20.2 Å². The summed E-state index contributed by atoms with van der Waals surface area (Å²) < 4.78 is 2.28. The maximum absolute atomic E-state index is 9.06. The van der Waals surface area contributed by atoms with Gasteiger partial charge in [-0.25, -0.2) is 0 Å². The van der Waals surface area contributed by atoms with Gasteiger partial charge in [0.2, 0.25) is 0 Å². The fourth-order valence-corrected chi connectivity index (χ4v) is 4.02. The zero-order chi connectivity index (χ0) is 10.1. The maximum Gasteiger partial charge on any atom is 0.0682 e. The van der Waals surface area contributed by atoms with Crippen molar-refractivity contribution in [3.8, 4) is 0 Å². The molecule has 14 heavy (non-hydrogen) atoms. The van der Waals surface area contributed by atoms with Crippen molar-refractivity contribution >= 4 is 53.3 Å². The van der Waals surface area contributed by atoms with Crippen molar-refractivity contribution in [3.63, 3.8) is 0 Å². The van der Waals surface area contributed by atoms with Crippen LogP contribution in [-0.4, -0.2) is 5.11 Å². The molecule has 1 heterocycles. The van der Waals surface area contributed by atoms with Crippen LogP contribution in [0.15, 0.2) is 22.0 Å². The molecule has 0 radical (unpaired) electrons. The van der Waals surface area contributed by atoms with Crippen molar-refractivity contribution in [1.29, 1.82) is 0 Å². The van der Waals surface area contributed by atoms with Crippen LogP contribution in [0.2, 0.25) is 0 Å². The van der Waals surface area contributed by atoms with E-state index in [9.17, 15) is 0 Å². The lowest BCUT2D eigenvalue weighted by Crippen LogP contribution is -1.83. The largest absolute Gasteiger partial charge is 0.392 e. The Hall–Kier alpha value is 0.1000. The molecule has 74 valence electrons. The second-order valence-corrected chi connectivity index (χ2v) is 5.33. The van der Waals surface area contributed by atoms with E-state index in [0.29, 0.717) is 0 Å². The monoisotopic (exact) mass is 334 g/mol. The summed E-state index contributed by atoms with van der Waals surface area (Å²) in [5, 5.41) is 13.3. The molecule has 0 aliphatic rings. The van der Waals surface area contributed by atoms with Crippen LogP contribution in [0.1, 0.15) is 11.1 Å². The van der Waals surface area contributed by atoms with Gasteiger partial charge in [-0.3, -0.25) is 0 Å². The molecule has 1 nitrogen and oxygen atoms in total. The molecular formula is C10H8Br2OS. The summed E-state index contributed by atoms with van der Waals surface area (Å²) in [6.07, 6.45) is 0. The van der Waals surface area contributed by atoms with Crippen molar-refractivity contribution in [1.82, 2.24) is 0 Å². The third-order valence-corrected chi connectivity index (χ3v) is 4.30. The van der Waals surface area contributed by atoms with E-state index in [1.165, 1.54) is 15.6 Å². The number of thiophene rings is 1. The lowest BCUT2D eigenvalue weighted by Gasteiger charge is -2.01. The number of hydrogen-bond donors (Lipinski definition) is 1. The second-order valence-electron chi connectivity index (χ2n) is 3.00. The molecule has 1 aromatic heterocycles. The van der Waals surface area contributed by atoms with Crippen LogP contribution in [0.4, 0.5) is 0 Å². The number of halogens is 2. The van der Waals surface area contributed by atoms with E-state index in [-0.39, 0.29) is 6.61 Å². The van der Waals surface area contributed by atoms with E-state index >= 15 is 0 Å². The average Bonchev–Trinajstić information content (AvgIpc) is 2.61. The van der Waals surface area contributed by atoms with E-state index in [2.05, 4.69) is 37.2 Å². The number of alkyl halides is 1. The molecule has 0 saturated carbocycles. The molecule has 0 aliphatic heterocycles. The van der Waals surface area contributed by atoms with Crippen LogP contribution in [0.25, 0.3) is 10.1 Å². The molecule has 0 saturated heterocycles. The Labute approximate surface area is 103 Å². The lowest BCUT2D eigenvalue weighted by atomic mass is 10.1. The number of aliphatic hydroxyl groups is 1. The molecule has 4 heteroatoms. The predicted molar refractivity (Wildman–Crippen MR) is 68.1 cm³/mol. The average molecular weight is 336 g/mol. The van der Waals surface area contributed by atoms with Crippen molar-refractivity contribution in [3.05, 3.63) is 33.1 Å². The highest BCUT2D eigenvalue weighted by atomic mass is 79.9. The highest BCUT2D eigenvalue weighted by Gasteiger charge is 2.08. The normalized spacial score (nSPS) is 11.1. The van der Waals surface area contributed by atoms with Crippen LogP contribution in [0.3, 0.4) is 0 Å². The van der Waals surface area contributed by atoms with Gasteiger partial charge in [-0.2, -0.15) is 0 Å². The van der Waals surface area contributed by atoms with E-state index in [1.54, 1.807) is 11.3 Å². The quantitative estimate of drug-likeness (QED) is 0.821. The molecule has 1 aromatic carbocycles. The number of hydrogen-bond acceptors (Lipinski definition) is 2. The molecule has 1 N–H and O–H groups in total. The number of rotatable bonds is 2. The Balaban J connectivity index is 2.72. The summed E-state index contributed by atoms with van der Waals surface area (Å²) in [7, 11) is 0. The first kappa shape index (κ1) is 10.6. The summed E-state index contributed by atoms with van der Waals surface area (Å²) in [6.45, 7) is 0.0933. The molecule has 0 fully saturated rings. The molecule has 0 unspecified atom stereocenters. The van der Waals surface area contributed by atoms with Crippen molar-refractivity contribution in [2.45, 2.75) is 11.9 Å². The van der Waals surface area contributed by atoms with Crippen molar-refractivity contribution in [2.24, 2.45) is 0 Å². The standard InChI is InChI=1S/C10H8Br2OS/c11-3-7-5-14-9-2-6(4-13)1-8(12)10(7)9/h1-2,5,13H,3-4H2. The fraction of sp³-hybridized carbons (Fsp3) is 0.200. The summed E-state index contributed by atoms with van der Waals surface area (Å²) >= 11 is 8.71. The van der Waals surface area contributed by atoms with Crippen molar-refractivity contribution < 1.29 is 5.11 Å². The summed E-state index contributed by atoms with van der Waals surface area (Å²) in [6, 6.07) is 4.01. The first-order valence-electron chi connectivity index (χ1n) is 4.11. The zero-order valence-corrected chi connectivity index (χ0v) is 11.2. The zero-order valence-electron chi connectivity index (χ0n) is 7.26. The van der Waals surface area contributed by atoms with Crippen molar-refractivity contribution in [2.75, 3.05) is 0 Å². The van der Waals surface area contributed by atoms with Gasteiger partial charge in [0.15, 0.2) is 0 Å². The molecule has 2 aromatic rings. The Kier molecular flexibility index (Phi) is 3.27. The minimum atomic E-state index is 0.0933. The van der Waals surface area contributed by atoms with Gasteiger partial charge in [0, 0.05) is 19.9 Å². The van der Waals surface area contributed by atoms with Crippen LogP contribution in [0.5, 0.6) is 0 Å². The van der Waals surface area contributed by atoms with E-state index in [1.807, 2.05) is 12.1 Å². The van der Waals surface area contributed by atoms with Crippen LogP contribution in [0, 0.1) is 0 Å². The SMILES string of the molecule is OCc1cc(Br)c2c(CBr)csc2c1. The first-order valence-corrected chi connectivity index (χ1v) is 6.91. The number of fused-ring (bicyclic) bond motifs is 1. The molecule has 0 atom stereocenters. The fourth-order valence-electron chi connectivity index (χ4n) is 1.42. The third kappa shape index (κ3) is 1.76. The molecule has 0 amide bonds. The Bertz CT molecular complexity index is 464. The third-order valence-electron chi connectivity index (χ3n) is 2.09. The van der Waals surface area contributed by atoms with Gasteiger partial charge in [0.1, 0.15) is 0 Å². The molecule has 0 aliphatic carbocycles. The van der Waals surface area contributed by atoms with Crippen LogP contribution < -0.4 is 0 Å². The maximum atomic E-state index is 9.06. The highest BCUT2D eigenvalue weighted by Crippen LogP contribution is 2.34. The van der Waals surface area contributed by atoms with Gasteiger partial charge >= 0.3 is 0 Å². The van der Waals surface area contributed by atoms with Gasteiger partial charge in [-0.1, -0.05) is 31.9 Å². The van der Waals surface area contributed by atoms with E-state index in [4.69, 9.17) is 5.11 Å². The van der Waals surface area contributed by atoms with Crippen LogP contribution in [-0.2, 0) is 11.9 Å². The minimum Gasteiger partial charge on any atom is -0.392 e. The molecule has 2 rings (SSSR count). The second kappa shape index (κ2) is 4.31. The predicted octanol–water partition coefficient (Wildman–Crippen LogP) is 4.05. The van der Waals surface area contributed by atoms with Gasteiger partial charge in [0.05, 0.1) is 6.61 Å². The van der Waals surface area contributed by atoms with Gasteiger partial charge < -0.3 is 5.11 Å². The smallest absolute Gasteiger partial charge is 0.0682 e. The number of aliphatic hydroxyl groups excluding tert-OH is 1. The highest BCUT2D eigenvalue weighted by molar-refractivity contribution is 9.10. The molecule has 0 bridgehead atoms. The Morgan fingerprint density at radius 1 is 1.36 bits per heavy atom. The van der Waals surface area contributed by atoms with Gasteiger partial charge in [0.25, 0.3) is 0 Å². The van der Waals surface area contributed by atoms with Gasteiger partial charge in [-0.15, -0.1) is 11.3 Å². The number of benzene rings is 1. The molecule has 0 spiro atoms. The van der Waals surface area contributed by atoms with Gasteiger partial charge in [-0.05, 0) is 28.6 Å². The van der Waals surface area contributed by atoms with E-state index in [0.717, 1.165) is 15.4 Å². The lowest BCUT2D eigenvalue weighted by molar-refractivity contribution is 0.282. The minimum absolute atomic E-state index is 0.0933. The summed E-state index contributed by atoms with van der Waals surface area (Å²) in [5.41, 5.74) is 2.24. The van der Waals surface area contributed by atoms with E-state index < -0.39 is 0 Å². The molecular weight excluding hydrogens is 328 g/mol. The first-order chi connectivity index (χ1) is 6.76. The summed E-state index contributed by atoms with van der Waals surface area (Å²) in [5.74, 6) is 0. The van der Waals surface area contributed by atoms with Crippen LogP contribution >= 0.6 is 43.2 Å². The Morgan fingerprint density at radius 2 is 2.14 bits per heavy atom. The summed E-state index contributed by atoms with van der Waals surface area (Å²) in [4.78, 5) is 0. The Morgan fingerprint density at radius 3 is 2.79 bits per heavy atom.